The van der Waals surface area contributed by atoms with Crippen LogP contribution in [0.2, 0.25) is 0 Å². The van der Waals surface area contributed by atoms with E-state index in [-0.39, 0.29) is 0 Å². The van der Waals surface area contributed by atoms with E-state index in [1.54, 1.807) is 0 Å². The van der Waals surface area contributed by atoms with Gasteiger partial charge in [-0.1, -0.05) is 0 Å². The van der Waals surface area contributed by atoms with Gasteiger partial charge in [0.1, 0.15) is 0 Å². The molecule has 1 heterocycles. The van der Waals surface area contributed by atoms with E-state index in [9.17, 15) is 0 Å². The van der Waals surface area contributed by atoms with Crippen molar-refractivity contribution >= 4 is 0 Å². The molecule has 0 radical (unpaired) electrons. The van der Waals surface area contributed by atoms with Crippen molar-refractivity contribution < 1.29 is 4.74 Å². The van der Waals surface area contributed by atoms with E-state index in [2.05, 4.69) is 12.2 Å². The number of hydrogen-bond donors (Lipinski definition) is 1. The second kappa shape index (κ2) is 4.06. The lowest BCUT2D eigenvalue weighted by Gasteiger charge is -2.20. The van der Waals surface area contributed by atoms with Gasteiger partial charge in [0.25, 0.3) is 0 Å². The Bertz CT molecular complexity index is 211. The average molecular weight is 209 g/mol. The van der Waals surface area contributed by atoms with Crippen LogP contribution >= 0.6 is 0 Å². The van der Waals surface area contributed by atoms with Crippen molar-refractivity contribution in [3.8, 4) is 0 Å². The van der Waals surface area contributed by atoms with Crippen LogP contribution in [0.3, 0.4) is 0 Å². The van der Waals surface area contributed by atoms with Gasteiger partial charge >= 0.3 is 0 Å². The van der Waals surface area contributed by atoms with Gasteiger partial charge in [-0.15, -0.1) is 0 Å². The van der Waals surface area contributed by atoms with Crippen molar-refractivity contribution in [2.24, 2.45) is 11.8 Å². The molecule has 15 heavy (non-hydrogen) atoms. The van der Waals surface area contributed by atoms with Crippen LogP contribution in [0.4, 0.5) is 0 Å². The number of hydrogen-bond acceptors (Lipinski definition) is 2. The highest BCUT2D eigenvalue weighted by Gasteiger charge is 2.41. The summed E-state index contributed by atoms with van der Waals surface area (Å²) in [6.45, 7) is 3.29. The minimum atomic E-state index is 0.497. The van der Waals surface area contributed by atoms with Gasteiger partial charge in [0, 0.05) is 12.6 Å². The van der Waals surface area contributed by atoms with Gasteiger partial charge in [-0.3, -0.25) is 0 Å². The lowest BCUT2D eigenvalue weighted by molar-refractivity contribution is 0.0533. The molecule has 0 bridgehead atoms. The van der Waals surface area contributed by atoms with E-state index < -0.39 is 0 Å². The van der Waals surface area contributed by atoms with E-state index in [0.717, 1.165) is 24.4 Å². The van der Waals surface area contributed by atoms with Crippen LogP contribution in [0, 0.1) is 11.8 Å². The van der Waals surface area contributed by atoms with Crippen LogP contribution in [0.25, 0.3) is 0 Å². The highest BCUT2D eigenvalue weighted by molar-refractivity contribution is 4.96. The SMILES string of the molecule is CC1CCC(CNC(C2CC2)C2CC2)O1. The van der Waals surface area contributed by atoms with E-state index in [1.807, 2.05) is 0 Å². The molecule has 0 amide bonds. The largest absolute Gasteiger partial charge is 0.374 e. The third kappa shape index (κ3) is 2.54. The van der Waals surface area contributed by atoms with E-state index in [1.165, 1.54) is 38.5 Å². The Morgan fingerprint density at radius 1 is 1.07 bits per heavy atom. The third-order valence-corrected chi connectivity index (χ3v) is 4.16. The fraction of sp³-hybridized carbons (Fsp3) is 1.00. The quantitative estimate of drug-likeness (QED) is 0.750. The topological polar surface area (TPSA) is 21.3 Å². The maximum atomic E-state index is 5.85. The summed E-state index contributed by atoms with van der Waals surface area (Å²) in [5.74, 6) is 2.02. The van der Waals surface area contributed by atoms with Crippen molar-refractivity contribution in [2.45, 2.75) is 63.7 Å². The standard InChI is InChI=1S/C13H23NO/c1-9-2-7-12(15-9)8-14-13(10-3-4-10)11-5-6-11/h9-14H,2-8H2,1H3. The molecule has 1 N–H and O–H groups in total. The third-order valence-electron chi connectivity index (χ3n) is 4.16. The van der Waals surface area contributed by atoms with Gasteiger partial charge in [-0.2, -0.15) is 0 Å². The van der Waals surface area contributed by atoms with Crippen molar-refractivity contribution in [2.75, 3.05) is 6.54 Å². The van der Waals surface area contributed by atoms with Crippen molar-refractivity contribution in [3.05, 3.63) is 0 Å². The Kier molecular flexibility index (Phi) is 2.73. The zero-order valence-corrected chi connectivity index (χ0v) is 9.74. The second-order valence-corrected chi connectivity index (χ2v) is 5.75. The first-order valence-electron chi connectivity index (χ1n) is 6.72. The van der Waals surface area contributed by atoms with Crippen molar-refractivity contribution in [3.63, 3.8) is 0 Å². The Morgan fingerprint density at radius 2 is 1.73 bits per heavy atom. The van der Waals surface area contributed by atoms with Gasteiger partial charge in [-0.05, 0) is 57.3 Å². The first-order chi connectivity index (χ1) is 7.33. The Labute approximate surface area is 92.8 Å². The smallest absolute Gasteiger partial charge is 0.0704 e. The van der Waals surface area contributed by atoms with Crippen LogP contribution in [0.5, 0.6) is 0 Å². The molecule has 2 heteroatoms. The molecule has 0 aromatic carbocycles. The molecule has 3 rings (SSSR count). The average Bonchev–Trinajstić information content (AvgIpc) is 3.09. The number of nitrogens with one attached hydrogen (secondary N) is 1. The fourth-order valence-electron chi connectivity index (χ4n) is 2.93. The molecule has 1 aliphatic heterocycles. The molecule has 1 saturated heterocycles. The molecular weight excluding hydrogens is 186 g/mol. The zero-order chi connectivity index (χ0) is 10.3. The van der Waals surface area contributed by atoms with E-state index in [4.69, 9.17) is 4.74 Å². The summed E-state index contributed by atoms with van der Waals surface area (Å²) in [7, 11) is 0. The van der Waals surface area contributed by atoms with Crippen LogP contribution in [0.1, 0.15) is 45.4 Å². The lowest BCUT2D eigenvalue weighted by Crippen LogP contribution is -2.38. The van der Waals surface area contributed by atoms with Gasteiger partial charge < -0.3 is 10.1 Å². The van der Waals surface area contributed by atoms with E-state index >= 15 is 0 Å². The molecule has 86 valence electrons. The molecule has 2 unspecified atom stereocenters. The first-order valence-corrected chi connectivity index (χ1v) is 6.72. The predicted molar refractivity (Wildman–Crippen MR) is 60.8 cm³/mol. The fourth-order valence-corrected chi connectivity index (χ4v) is 2.93. The summed E-state index contributed by atoms with van der Waals surface area (Å²) in [6.07, 6.45) is 9.38. The van der Waals surface area contributed by atoms with Crippen LogP contribution in [0.15, 0.2) is 0 Å². The van der Waals surface area contributed by atoms with Crippen LogP contribution in [-0.2, 0) is 4.74 Å². The molecule has 0 spiro atoms. The molecular formula is C13H23NO. The minimum Gasteiger partial charge on any atom is -0.374 e. The molecule has 0 aromatic rings. The van der Waals surface area contributed by atoms with Crippen molar-refractivity contribution in [1.82, 2.24) is 5.32 Å². The highest BCUT2D eigenvalue weighted by Crippen LogP contribution is 2.44. The summed E-state index contributed by atoms with van der Waals surface area (Å²) in [5.41, 5.74) is 0. The molecule has 2 saturated carbocycles. The molecule has 2 atom stereocenters. The summed E-state index contributed by atoms with van der Waals surface area (Å²) in [4.78, 5) is 0. The second-order valence-electron chi connectivity index (χ2n) is 5.75. The molecule has 2 aliphatic carbocycles. The summed E-state index contributed by atoms with van der Waals surface area (Å²) in [6, 6.07) is 0.838. The lowest BCUT2D eigenvalue weighted by atomic mass is 10.1. The van der Waals surface area contributed by atoms with E-state index in [0.29, 0.717) is 12.2 Å². The summed E-state index contributed by atoms with van der Waals surface area (Å²) in [5, 5.41) is 3.78. The van der Waals surface area contributed by atoms with Gasteiger partial charge in [0.2, 0.25) is 0 Å². The maximum absolute atomic E-state index is 5.85. The van der Waals surface area contributed by atoms with Crippen LogP contribution in [-0.4, -0.2) is 24.8 Å². The Hall–Kier alpha value is -0.0800. The number of ether oxygens (including phenoxy) is 1. The van der Waals surface area contributed by atoms with Gasteiger partial charge in [0.15, 0.2) is 0 Å². The molecule has 0 aromatic heterocycles. The summed E-state index contributed by atoms with van der Waals surface area (Å²) < 4.78 is 5.85. The summed E-state index contributed by atoms with van der Waals surface area (Å²) >= 11 is 0. The number of rotatable bonds is 5. The highest BCUT2D eigenvalue weighted by atomic mass is 16.5. The van der Waals surface area contributed by atoms with Crippen molar-refractivity contribution in [1.29, 1.82) is 0 Å². The Balaban J connectivity index is 1.43. The maximum Gasteiger partial charge on any atom is 0.0704 e. The molecule has 2 nitrogen and oxygen atoms in total. The zero-order valence-electron chi connectivity index (χ0n) is 9.74. The monoisotopic (exact) mass is 209 g/mol. The molecule has 3 fully saturated rings. The van der Waals surface area contributed by atoms with Gasteiger partial charge in [0.05, 0.1) is 12.2 Å². The van der Waals surface area contributed by atoms with Gasteiger partial charge in [-0.25, -0.2) is 0 Å². The van der Waals surface area contributed by atoms with Crippen LogP contribution < -0.4 is 5.32 Å². The minimum absolute atomic E-state index is 0.497. The first kappa shape index (κ1) is 10.1. The Morgan fingerprint density at radius 3 is 2.20 bits per heavy atom. The predicted octanol–water partition coefficient (Wildman–Crippen LogP) is 2.33. The molecule has 3 aliphatic rings. The normalized spacial score (nSPS) is 36.4.